The van der Waals surface area contributed by atoms with Gasteiger partial charge in [0.25, 0.3) is 5.91 Å². The van der Waals surface area contributed by atoms with Crippen LogP contribution in [0.3, 0.4) is 0 Å². The number of rotatable bonds is 5. The molecule has 1 aromatic carbocycles. The number of fused-ring (bicyclic) bond motifs is 3. The van der Waals surface area contributed by atoms with E-state index in [9.17, 15) is 44.2 Å². The number of nitrogens with zero attached hydrogens (tertiary/aromatic N) is 2. The number of pyridine rings is 1. The monoisotopic (exact) mass is 564 g/mol. The summed E-state index contributed by atoms with van der Waals surface area (Å²) in [5, 5.41) is 36.2. The molecule has 1 aromatic heterocycles. The van der Waals surface area contributed by atoms with Gasteiger partial charge in [-0.25, -0.2) is 0 Å². The number of hydrogen-bond acceptors (Lipinski definition) is 10. The molecular weight excluding hydrogens is 536 g/mol. The number of benzene rings is 1. The van der Waals surface area contributed by atoms with E-state index in [2.05, 4.69) is 5.32 Å². The highest BCUT2D eigenvalue weighted by atomic mass is 16.5. The van der Waals surface area contributed by atoms with E-state index < -0.39 is 76.0 Å². The van der Waals surface area contributed by atoms with Gasteiger partial charge in [0.05, 0.1) is 23.1 Å². The van der Waals surface area contributed by atoms with Crippen LogP contribution in [-0.4, -0.2) is 75.8 Å². The molecule has 0 aliphatic heterocycles. The van der Waals surface area contributed by atoms with Crippen molar-refractivity contribution in [3.05, 3.63) is 64.1 Å². The van der Waals surface area contributed by atoms with Crippen LogP contribution in [0.15, 0.2) is 36.7 Å². The molecule has 3 aliphatic carbocycles. The molecule has 0 radical (unpaired) electrons. The van der Waals surface area contributed by atoms with Gasteiger partial charge in [-0.05, 0) is 50.0 Å². The molecule has 0 saturated heterocycles. The first-order chi connectivity index (χ1) is 19.3. The molecule has 214 valence electrons. The average molecular weight is 565 g/mol. The highest BCUT2D eigenvalue weighted by molar-refractivity contribution is 6.32. The number of carbonyl (C=O) groups excluding carboxylic acids is 6. The molecule has 2 saturated carbocycles. The molecular formula is C28H28N4O9. The van der Waals surface area contributed by atoms with Gasteiger partial charge in [-0.2, -0.15) is 4.73 Å². The van der Waals surface area contributed by atoms with E-state index in [0.717, 1.165) is 0 Å². The van der Waals surface area contributed by atoms with Crippen molar-refractivity contribution >= 4 is 34.9 Å². The molecule has 5 rings (SSSR count). The number of phenols is 1. The Balaban J connectivity index is 1.51. The summed E-state index contributed by atoms with van der Waals surface area (Å²) in [4.78, 5) is 80.2. The molecule has 13 nitrogen and oxygen atoms in total. The zero-order chi connectivity index (χ0) is 30.0. The Bertz CT molecular complexity index is 1520. The lowest BCUT2D eigenvalue weighted by Gasteiger charge is -2.52. The number of aromatic hydroxyl groups is 1. The minimum Gasteiger partial charge on any atom is -0.619 e. The molecule has 2 aromatic rings. The normalized spacial score (nSPS) is 29.0. The molecule has 2 amide bonds. The summed E-state index contributed by atoms with van der Waals surface area (Å²) < 4.78 is 0.532. The van der Waals surface area contributed by atoms with E-state index in [4.69, 9.17) is 5.73 Å². The van der Waals surface area contributed by atoms with Crippen molar-refractivity contribution in [2.24, 2.45) is 29.4 Å². The third kappa shape index (κ3) is 4.19. The minimum absolute atomic E-state index is 0.0444. The maximum Gasteiger partial charge on any atom is 0.252 e. The molecule has 0 spiro atoms. The number of phenolic OH excluding ortho intramolecular Hbond substituents is 1. The second-order valence-electron chi connectivity index (χ2n) is 11.0. The van der Waals surface area contributed by atoms with Gasteiger partial charge in [0.15, 0.2) is 47.0 Å². The summed E-state index contributed by atoms with van der Waals surface area (Å²) in [6.45, 7) is -0.0444. The number of amides is 2. The molecule has 1 heterocycles. The molecule has 2 unspecified atom stereocenters. The smallest absolute Gasteiger partial charge is 0.252 e. The van der Waals surface area contributed by atoms with Crippen LogP contribution < -0.4 is 15.8 Å². The van der Waals surface area contributed by atoms with Crippen LogP contribution in [0, 0.1) is 28.9 Å². The fourth-order valence-electron chi connectivity index (χ4n) is 6.68. The Morgan fingerprint density at radius 3 is 2.39 bits per heavy atom. The van der Waals surface area contributed by atoms with Crippen molar-refractivity contribution in [1.82, 2.24) is 10.2 Å². The quantitative estimate of drug-likeness (QED) is 0.186. The first-order valence-corrected chi connectivity index (χ1v) is 12.9. The van der Waals surface area contributed by atoms with Gasteiger partial charge in [0.1, 0.15) is 5.75 Å². The maximum absolute atomic E-state index is 13.8. The highest BCUT2D eigenvalue weighted by Crippen LogP contribution is 2.51. The van der Waals surface area contributed by atoms with Crippen molar-refractivity contribution < 1.29 is 43.7 Å². The number of primary amides is 1. The number of carbonyl (C=O) groups is 6. The van der Waals surface area contributed by atoms with Crippen LogP contribution in [0.25, 0.3) is 0 Å². The van der Waals surface area contributed by atoms with Crippen molar-refractivity contribution in [2.75, 3.05) is 14.1 Å². The third-order valence-electron chi connectivity index (χ3n) is 8.55. The van der Waals surface area contributed by atoms with E-state index in [1.54, 1.807) is 0 Å². The number of hydrogen-bond donors (Lipinski definition) is 4. The molecule has 0 bridgehead atoms. The SMILES string of the molecule is CN(C)[C@@H]1C(=O)C(C(N)=O)C(=O)[C@@]2(O)C(=O)C3C(=O)c4c(O)ccc(CNC(=O)c5cc[n+]([O-])cc5)c4C[C@H]3C[C@@H]12. The fourth-order valence-corrected chi connectivity index (χ4v) is 6.68. The Morgan fingerprint density at radius 2 is 1.78 bits per heavy atom. The van der Waals surface area contributed by atoms with Crippen LogP contribution >= 0.6 is 0 Å². The lowest BCUT2D eigenvalue weighted by molar-refractivity contribution is -0.605. The van der Waals surface area contributed by atoms with Crippen molar-refractivity contribution in [1.29, 1.82) is 0 Å². The van der Waals surface area contributed by atoms with Gasteiger partial charge in [0.2, 0.25) is 5.91 Å². The summed E-state index contributed by atoms with van der Waals surface area (Å²) in [5.41, 5.74) is 3.49. The lowest BCUT2D eigenvalue weighted by atomic mass is 9.52. The second-order valence-corrected chi connectivity index (χ2v) is 11.0. The largest absolute Gasteiger partial charge is 0.619 e. The number of likely N-dealkylation sites (N-methyl/N-ethyl adjacent to an activating group) is 1. The fraction of sp³-hybridized carbons (Fsp3) is 0.393. The third-order valence-corrected chi connectivity index (χ3v) is 8.55. The highest BCUT2D eigenvalue weighted by Gasteiger charge is 2.69. The van der Waals surface area contributed by atoms with Crippen LogP contribution in [0.5, 0.6) is 5.75 Å². The van der Waals surface area contributed by atoms with Crippen molar-refractivity contribution in [3.8, 4) is 5.75 Å². The van der Waals surface area contributed by atoms with Gasteiger partial charge >= 0.3 is 0 Å². The number of ketones is 4. The summed E-state index contributed by atoms with van der Waals surface area (Å²) in [6, 6.07) is 4.27. The molecule has 13 heteroatoms. The minimum atomic E-state index is -2.80. The lowest BCUT2D eigenvalue weighted by Crippen LogP contribution is -2.74. The summed E-state index contributed by atoms with van der Waals surface area (Å²) in [5.74, 6) is -11.8. The van der Waals surface area contributed by atoms with Gasteiger partial charge in [-0.3, -0.25) is 33.7 Å². The molecule has 5 N–H and O–H groups in total. The Hall–Kier alpha value is -4.49. The Labute approximate surface area is 233 Å². The van der Waals surface area contributed by atoms with E-state index >= 15 is 0 Å². The van der Waals surface area contributed by atoms with Crippen LogP contribution in [0.1, 0.15) is 38.3 Å². The van der Waals surface area contributed by atoms with Crippen LogP contribution in [0.4, 0.5) is 0 Å². The topological polar surface area (TPSA) is 211 Å². The van der Waals surface area contributed by atoms with E-state index in [0.29, 0.717) is 15.9 Å². The number of aliphatic hydroxyl groups is 1. The Morgan fingerprint density at radius 1 is 1.12 bits per heavy atom. The zero-order valence-electron chi connectivity index (χ0n) is 22.2. The van der Waals surface area contributed by atoms with Crippen LogP contribution in [0.2, 0.25) is 0 Å². The maximum atomic E-state index is 13.8. The predicted octanol–water partition coefficient (Wildman–Crippen LogP) is -1.57. The standard InChI is InChI=1S/C28H28N4O9/c1-31(2)21-16-10-14-9-15-13(11-30-27(39)12-5-7-32(41)8-6-12)3-4-17(33)19(15)22(34)18(14)24(36)28(16,40)25(37)20(23(21)35)26(29)38/h3-8,14,16,18,20-21,33,40H,9-11H2,1-2H3,(H2,29,38)(H,30,39)/t14-,16-,18?,20?,21-,28-/m0/s1. The number of Topliss-reactive ketones (excluding diaryl/α,β-unsaturated/α-hetero) is 4. The molecule has 41 heavy (non-hydrogen) atoms. The summed E-state index contributed by atoms with van der Waals surface area (Å²) >= 11 is 0. The van der Waals surface area contributed by atoms with E-state index in [1.807, 2.05) is 0 Å². The number of nitrogens with two attached hydrogens (primary N) is 1. The van der Waals surface area contributed by atoms with Gasteiger partial charge in [-0.15, -0.1) is 0 Å². The van der Waals surface area contributed by atoms with Gasteiger partial charge < -0.3 is 26.5 Å². The molecule has 6 atom stereocenters. The summed E-state index contributed by atoms with van der Waals surface area (Å²) in [6.07, 6.45) is 2.34. The van der Waals surface area contributed by atoms with Gasteiger partial charge in [0, 0.05) is 24.6 Å². The average Bonchev–Trinajstić information content (AvgIpc) is 2.90. The zero-order valence-corrected chi connectivity index (χ0v) is 22.2. The summed E-state index contributed by atoms with van der Waals surface area (Å²) in [7, 11) is 3.02. The Kier molecular flexibility index (Phi) is 6.74. The number of aromatic nitrogens is 1. The van der Waals surface area contributed by atoms with Crippen molar-refractivity contribution in [2.45, 2.75) is 31.0 Å². The molecule has 2 fully saturated rings. The second kappa shape index (κ2) is 9.85. The van der Waals surface area contributed by atoms with E-state index in [-0.39, 0.29) is 30.5 Å². The predicted molar refractivity (Wildman–Crippen MR) is 138 cm³/mol. The van der Waals surface area contributed by atoms with E-state index in [1.165, 1.54) is 55.7 Å². The first-order valence-electron chi connectivity index (χ1n) is 12.9. The molecule has 3 aliphatic rings. The van der Waals surface area contributed by atoms with Crippen LogP contribution in [-0.2, 0) is 32.1 Å². The van der Waals surface area contributed by atoms with Crippen molar-refractivity contribution in [3.63, 3.8) is 0 Å². The number of nitrogens with one attached hydrogen (secondary N) is 1. The van der Waals surface area contributed by atoms with Gasteiger partial charge in [-0.1, -0.05) is 6.07 Å². The first kappa shape index (κ1) is 28.1.